The van der Waals surface area contributed by atoms with Gasteiger partial charge in [0.1, 0.15) is 0 Å². The number of sulfonamides is 1. The molecule has 1 amide bonds. The predicted octanol–water partition coefficient (Wildman–Crippen LogP) is 2.45. The Kier molecular flexibility index (Phi) is 4.88. The van der Waals surface area contributed by atoms with Crippen molar-refractivity contribution in [3.05, 3.63) is 46.8 Å². The van der Waals surface area contributed by atoms with Gasteiger partial charge in [-0.2, -0.15) is 0 Å². The van der Waals surface area contributed by atoms with Gasteiger partial charge in [-0.25, -0.2) is 13.6 Å². The molecule has 29 heavy (non-hydrogen) atoms. The summed E-state index contributed by atoms with van der Waals surface area (Å²) in [4.78, 5) is 14.4. The fourth-order valence-electron chi connectivity index (χ4n) is 4.15. The number of fused-ring (bicyclic) bond motifs is 1. The van der Waals surface area contributed by atoms with Crippen LogP contribution in [0.15, 0.2) is 29.2 Å². The van der Waals surface area contributed by atoms with Crippen molar-refractivity contribution in [1.29, 1.82) is 0 Å². The molecule has 0 unspecified atom stereocenters. The summed E-state index contributed by atoms with van der Waals surface area (Å²) in [6, 6.07) is 6.57. The minimum atomic E-state index is -3.85. The lowest BCUT2D eigenvalue weighted by Crippen LogP contribution is -2.20. The van der Waals surface area contributed by atoms with E-state index in [9.17, 15) is 13.2 Å². The summed E-state index contributed by atoms with van der Waals surface area (Å²) < 4.78 is 31.5. The first-order valence-electron chi connectivity index (χ1n) is 9.62. The number of hydrogen-bond donors (Lipinski definition) is 1. The second kappa shape index (κ2) is 7.12. The van der Waals surface area contributed by atoms with Crippen LogP contribution >= 0.6 is 0 Å². The van der Waals surface area contributed by atoms with Crippen LogP contribution in [-0.4, -0.2) is 38.7 Å². The van der Waals surface area contributed by atoms with Gasteiger partial charge < -0.3 is 14.2 Å². The number of nitrogens with zero attached hydrogens (tertiary/aromatic N) is 2. The molecule has 2 N–H and O–H groups in total. The molecule has 2 aliphatic rings. The van der Waals surface area contributed by atoms with Crippen molar-refractivity contribution >= 4 is 33.3 Å². The van der Waals surface area contributed by atoms with Gasteiger partial charge in [0.05, 0.1) is 16.7 Å². The molecule has 2 aliphatic heterocycles. The third-order valence-electron chi connectivity index (χ3n) is 5.81. The lowest BCUT2D eigenvalue weighted by molar-refractivity contribution is -0.112. The van der Waals surface area contributed by atoms with Crippen molar-refractivity contribution in [3.8, 4) is 0 Å². The van der Waals surface area contributed by atoms with E-state index in [1.54, 1.807) is 13.1 Å². The van der Waals surface area contributed by atoms with E-state index in [1.807, 2.05) is 26.0 Å². The number of hydrogen-bond acceptors (Lipinski definition) is 4. The number of nitrogens with two attached hydrogens (primary N) is 1. The number of benzene rings is 1. The molecule has 1 atom stereocenters. The van der Waals surface area contributed by atoms with Crippen molar-refractivity contribution in [1.82, 2.24) is 4.57 Å². The molecule has 4 rings (SSSR count). The standard InChI is InChI=1S/C21H25N3O4S/c1-13-9-15(14(2)24(13)12-16-5-4-8-28-16)10-19-18-11-17(29(22,26)27)6-7-20(18)23(3)21(19)25/h6-7,9-11,16H,4-5,8,12H2,1-3H3,(H2,22,26,27)/b19-10+/t16-/m1/s1. The number of ether oxygens (including phenoxy) is 1. The number of amides is 1. The first kappa shape index (κ1) is 19.9. The number of likely N-dealkylation sites (N-methyl/N-ethyl adjacent to an activating group) is 1. The SMILES string of the molecule is Cc1cc(/C=C2/C(=O)N(C)c3ccc(S(N)(=O)=O)cc32)c(C)n1C[C@H]1CCCO1. The number of primary sulfonamides is 1. The normalized spacial score (nSPS) is 20.7. The number of anilines is 1. The zero-order valence-corrected chi connectivity index (χ0v) is 17.6. The van der Waals surface area contributed by atoms with Gasteiger partial charge in [0.25, 0.3) is 5.91 Å². The Hall–Kier alpha value is -2.42. The van der Waals surface area contributed by atoms with Crippen molar-refractivity contribution in [3.63, 3.8) is 0 Å². The Bertz CT molecular complexity index is 1130. The molecule has 8 heteroatoms. The predicted molar refractivity (Wildman–Crippen MR) is 112 cm³/mol. The Morgan fingerprint density at radius 3 is 2.69 bits per heavy atom. The number of aromatic nitrogens is 1. The summed E-state index contributed by atoms with van der Waals surface area (Å²) in [7, 11) is -2.18. The molecular formula is C21H25N3O4S. The molecule has 1 aromatic carbocycles. The van der Waals surface area contributed by atoms with Crippen LogP contribution in [0.25, 0.3) is 11.6 Å². The summed E-state index contributed by atoms with van der Waals surface area (Å²) in [5.74, 6) is -0.171. The fraction of sp³-hybridized carbons (Fsp3) is 0.381. The molecule has 154 valence electrons. The van der Waals surface area contributed by atoms with Crippen molar-refractivity contribution < 1.29 is 17.9 Å². The third-order valence-corrected chi connectivity index (χ3v) is 6.72. The van der Waals surface area contributed by atoms with E-state index in [2.05, 4.69) is 4.57 Å². The molecule has 7 nitrogen and oxygen atoms in total. The average Bonchev–Trinajstić information content (AvgIpc) is 3.33. The van der Waals surface area contributed by atoms with Crippen LogP contribution < -0.4 is 10.0 Å². The highest BCUT2D eigenvalue weighted by molar-refractivity contribution is 7.89. The van der Waals surface area contributed by atoms with Gasteiger partial charge in [-0.1, -0.05) is 0 Å². The van der Waals surface area contributed by atoms with Gasteiger partial charge in [-0.3, -0.25) is 4.79 Å². The maximum atomic E-state index is 12.9. The number of carbonyl (C=O) groups is 1. The van der Waals surface area contributed by atoms with Crippen LogP contribution in [0.1, 0.15) is 35.4 Å². The smallest absolute Gasteiger partial charge is 0.258 e. The van der Waals surface area contributed by atoms with E-state index in [0.29, 0.717) is 16.8 Å². The van der Waals surface area contributed by atoms with E-state index >= 15 is 0 Å². The first-order chi connectivity index (χ1) is 13.7. The molecule has 2 aromatic rings. The van der Waals surface area contributed by atoms with Gasteiger partial charge in [-0.15, -0.1) is 0 Å². The summed E-state index contributed by atoms with van der Waals surface area (Å²) in [6.45, 7) is 5.67. The van der Waals surface area contributed by atoms with E-state index in [4.69, 9.17) is 9.88 Å². The third kappa shape index (κ3) is 3.52. The highest BCUT2D eigenvalue weighted by Crippen LogP contribution is 2.38. The monoisotopic (exact) mass is 415 g/mol. The molecule has 3 heterocycles. The minimum absolute atomic E-state index is 0.00546. The molecule has 0 saturated carbocycles. The molecule has 0 radical (unpaired) electrons. The fourth-order valence-corrected chi connectivity index (χ4v) is 4.69. The maximum Gasteiger partial charge on any atom is 0.258 e. The van der Waals surface area contributed by atoms with Gasteiger partial charge in [0.2, 0.25) is 10.0 Å². The maximum absolute atomic E-state index is 12.9. The Morgan fingerprint density at radius 2 is 2.03 bits per heavy atom. The first-order valence-corrected chi connectivity index (χ1v) is 11.2. The van der Waals surface area contributed by atoms with E-state index in [-0.39, 0.29) is 16.9 Å². The van der Waals surface area contributed by atoms with Crippen molar-refractivity contribution in [2.75, 3.05) is 18.6 Å². The Morgan fingerprint density at radius 1 is 1.28 bits per heavy atom. The van der Waals surface area contributed by atoms with Gasteiger partial charge >= 0.3 is 0 Å². The highest BCUT2D eigenvalue weighted by Gasteiger charge is 2.31. The van der Waals surface area contributed by atoms with E-state index in [1.165, 1.54) is 17.0 Å². The van der Waals surface area contributed by atoms with Crippen LogP contribution in [0.3, 0.4) is 0 Å². The topological polar surface area (TPSA) is 94.6 Å². The van der Waals surface area contributed by atoms with Crippen molar-refractivity contribution in [2.45, 2.75) is 44.2 Å². The van der Waals surface area contributed by atoms with Crippen LogP contribution in [0, 0.1) is 13.8 Å². The summed E-state index contributed by atoms with van der Waals surface area (Å²) in [5.41, 5.74) is 4.80. The molecule has 0 spiro atoms. The molecule has 0 aliphatic carbocycles. The van der Waals surface area contributed by atoms with Gasteiger partial charge in [0, 0.05) is 42.7 Å². The van der Waals surface area contributed by atoms with E-state index < -0.39 is 10.0 Å². The summed E-state index contributed by atoms with van der Waals surface area (Å²) in [6.07, 6.45) is 4.20. The Balaban J connectivity index is 1.77. The van der Waals surface area contributed by atoms with Crippen LogP contribution in [0.4, 0.5) is 5.69 Å². The second-order valence-corrected chi connectivity index (χ2v) is 9.28. The average molecular weight is 416 g/mol. The largest absolute Gasteiger partial charge is 0.376 e. The van der Waals surface area contributed by atoms with Crippen LogP contribution in [0.5, 0.6) is 0 Å². The van der Waals surface area contributed by atoms with E-state index in [0.717, 1.165) is 42.9 Å². The molecular weight excluding hydrogens is 390 g/mol. The van der Waals surface area contributed by atoms with Crippen LogP contribution in [0.2, 0.25) is 0 Å². The minimum Gasteiger partial charge on any atom is -0.376 e. The van der Waals surface area contributed by atoms with Crippen molar-refractivity contribution in [2.24, 2.45) is 5.14 Å². The zero-order chi connectivity index (χ0) is 20.9. The summed E-state index contributed by atoms with van der Waals surface area (Å²) >= 11 is 0. The van der Waals surface area contributed by atoms with Gasteiger partial charge in [-0.05, 0) is 62.6 Å². The number of rotatable bonds is 4. The lowest BCUT2D eigenvalue weighted by Gasteiger charge is -2.14. The summed E-state index contributed by atoms with van der Waals surface area (Å²) in [5, 5.41) is 5.28. The molecule has 0 bridgehead atoms. The quantitative estimate of drug-likeness (QED) is 0.776. The molecule has 1 fully saturated rings. The molecule has 1 aromatic heterocycles. The van der Waals surface area contributed by atoms with Gasteiger partial charge in [0.15, 0.2) is 0 Å². The number of carbonyl (C=O) groups excluding carboxylic acids is 1. The lowest BCUT2D eigenvalue weighted by atomic mass is 10.0. The second-order valence-electron chi connectivity index (χ2n) is 7.72. The highest BCUT2D eigenvalue weighted by atomic mass is 32.2. The Labute approximate surface area is 170 Å². The molecule has 1 saturated heterocycles. The number of aryl methyl sites for hydroxylation is 1. The van der Waals surface area contributed by atoms with Crippen LogP contribution in [-0.2, 0) is 26.1 Å². The zero-order valence-electron chi connectivity index (χ0n) is 16.8.